The number of aryl methyl sites for hydroxylation is 3. The molecule has 2 heterocycles. The molecule has 2 saturated carbocycles. The van der Waals surface area contributed by atoms with Gasteiger partial charge in [0.15, 0.2) is 0 Å². The highest BCUT2D eigenvalue weighted by atomic mass is 16.3. The van der Waals surface area contributed by atoms with Gasteiger partial charge in [0.05, 0.1) is 11.8 Å². The van der Waals surface area contributed by atoms with Gasteiger partial charge < -0.3 is 15.7 Å². The summed E-state index contributed by atoms with van der Waals surface area (Å²) in [6.07, 6.45) is 6.00. The number of rotatable bonds is 11. The van der Waals surface area contributed by atoms with Gasteiger partial charge in [-0.15, -0.1) is 0 Å². The normalized spacial score (nSPS) is 17.0. The molecular weight excluding hydrogens is 468 g/mol. The zero-order valence-electron chi connectivity index (χ0n) is 21.7. The van der Waals surface area contributed by atoms with Crippen LogP contribution in [0.1, 0.15) is 60.9 Å². The van der Waals surface area contributed by atoms with Crippen molar-refractivity contribution in [3.8, 4) is 11.1 Å². The van der Waals surface area contributed by atoms with Crippen molar-refractivity contribution in [1.29, 1.82) is 0 Å². The van der Waals surface area contributed by atoms with Crippen LogP contribution in [0.4, 0.5) is 5.69 Å². The first-order valence-electron chi connectivity index (χ1n) is 13.3. The summed E-state index contributed by atoms with van der Waals surface area (Å²) in [5.41, 5.74) is 5.13. The number of amides is 2. The highest BCUT2D eigenvalue weighted by Gasteiger charge is 2.48. The van der Waals surface area contributed by atoms with Crippen molar-refractivity contribution in [2.75, 3.05) is 5.32 Å². The van der Waals surface area contributed by atoms with E-state index >= 15 is 0 Å². The van der Waals surface area contributed by atoms with E-state index in [1.807, 2.05) is 38.1 Å². The number of aliphatic hydroxyl groups is 1. The molecule has 9 nitrogen and oxygen atoms in total. The smallest absolute Gasteiger partial charge is 0.270 e. The lowest BCUT2D eigenvalue weighted by Gasteiger charge is -2.27. The first-order valence-corrected chi connectivity index (χ1v) is 13.3. The zero-order valence-corrected chi connectivity index (χ0v) is 21.7. The summed E-state index contributed by atoms with van der Waals surface area (Å²) in [4.78, 5) is 27.0. The molecule has 2 aromatic heterocycles. The van der Waals surface area contributed by atoms with Crippen LogP contribution in [0.25, 0.3) is 11.1 Å². The molecule has 5 rings (SSSR count). The molecule has 2 aliphatic rings. The average Bonchev–Trinajstić information content (AvgIpc) is 3.80. The average molecular weight is 505 g/mol. The molecule has 1 unspecified atom stereocenters. The number of carbonyl (C=O) groups is 2. The van der Waals surface area contributed by atoms with E-state index in [0.29, 0.717) is 36.2 Å². The number of hydrogen-bond donors (Lipinski definition) is 4. The standard InChI is InChI=1S/C28H36N6O3/c1-16(35)13-15-34-23(12-14-29-34)27(36)31-26(25(20-4-5-20)21-6-7-21)28(37)30-22-10-8-19(9-11-22)24-17(2)32-33-18(24)3/h8-12,14,16,20-21,25-26,35H,4-7,13,15H2,1-3H3,(H,30,37)(H,31,36)(H,32,33)/t16?,26-/m0/s1. The predicted octanol–water partition coefficient (Wildman–Crippen LogP) is 3.83. The number of benzene rings is 1. The van der Waals surface area contributed by atoms with Crippen molar-refractivity contribution in [2.45, 2.75) is 71.6 Å². The third-order valence-electron chi connectivity index (χ3n) is 7.56. The molecule has 196 valence electrons. The lowest BCUT2D eigenvalue weighted by Crippen LogP contribution is -2.50. The van der Waals surface area contributed by atoms with Gasteiger partial charge in [-0.1, -0.05) is 12.1 Å². The van der Waals surface area contributed by atoms with E-state index in [1.165, 1.54) is 0 Å². The summed E-state index contributed by atoms with van der Waals surface area (Å²) < 4.78 is 1.60. The molecule has 2 amide bonds. The third-order valence-corrected chi connectivity index (χ3v) is 7.56. The second-order valence-electron chi connectivity index (χ2n) is 10.7. The Morgan fingerprint density at radius 3 is 2.35 bits per heavy atom. The Balaban J connectivity index is 1.33. The summed E-state index contributed by atoms with van der Waals surface area (Å²) in [5, 5.41) is 27.3. The van der Waals surface area contributed by atoms with Crippen molar-refractivity contribution in [3.05, 3.63) is 53.6 Å². The molecule has 37 heavy (non-hydrogen) atoms. The van der Waals surface area contributed by atoms with Gasteiger partial charge in [-0.3, -0.25) is 19.4 Å². The van der Waals surface area contributed by atoms with Crippen molar-refractivity contribution in [1.82, 2.24) is 25.3 Å². The fourth-order valence-electron chi connectivity index (χ4n) is 5.37. The van der Waals surface area contributed by atoms with E-state index in [1.54, 1.807) is 23.9 Å². The van der Waals surface area contributed by atoms with Crippen LogP contribution in [0, 0.1) is 31.6 Å². The summed E-state index contributed by atoms with van der Waals surface area (Å²) in [5.74, 6) is 0.580. The van der Waals surface area contributed by atoms with Gasteiger partial charge in [0.25, 0.3) is 5.91 Å². The van der Waals surface area contributed by atoms with Crippen molar-refractivity contribution in [3.63, 3.8) is 0 Å². The maximum atomic E-state index is 13.6. The quantitative estimate of drug-likeness (QED) is 0.316. The largest absolute Gasteiger partial charge is 0.393 e. The number of aromatic amines is 1. The number of carbonyl (C=O) groups excluding carboxylic acids is 2. The highest BCUT2D eigenvalue weighted by molar-refractivity contribution is 6.01. The van der Waals surface area contributed by atoms with E-state index in [0.717, 1.165) is 48.2 Å². The van der Waals surface area contributed by atoms with Crippen LogP contribution in [-0.2, 0) is 11.3 Å². The minimum atomic E-state index is -0.620. The van der Waals surface area contributed by atoms with Gasteiger partial charge in [-0.25, -0.2) is 0 Å². The minimum absolute atomic E-state index is 0.133. The molecule has 2 aliphatic carbocycles. The van der Waals surface area contributed by atoms with Gasteiger partial charge in [0, 0.05) is 29.7 Å². The number of aromatic nitrogens is 4. The first-order chi connectivity index (χ1) is 17.8. The van der Waals surface area contributed by atoms with E-state index in [2.05, 4.69) is 25.9 Å². The first kappa shape index (κ1) is 25.2. The van der Waals surface area contributed by atoms with E-state index in [4.69, 9.17) is 0 Å². The lowest BCUT2D eigenvalue weighted by atomic mass is 9.88. The van der Waals surface area contributed by atoms with Crippen LogP contribution >= 0.6 is 0 Å². The number of hydrogen-bond acceptors (Lipinski definition) is 5. The van der Waals surface area contributed by atoms with Gasteiger partial charge in [0.1, 0.15) is 11.7 Å². The minimum Gasteiger partial charge on any atom is -0.393 e. The number of H-pyrrole nitrogens is 1. The Morgan fingerprint density at radius 1 is 1.11 bits per heavy atom. The topological polar surface area (TPSA) is 125 Å². The van der Waals surface area contributed by atoms with Crippen molar-refractivity contribution < 1.29 is 14.7 Å². The fourth-order valence-corrected chi connectivity index (χ4v) is 5.37. The molecule has 0 bridgehead atoms. The Bertz CT molecular complexity index is 1220. The van der Waals surface area contributed by atoms with Gasteiger partial charge in [-0.2, -0.15) is 10.2 Å². The molecule has 3 aromatic rings. The SMILES string of the molecule is Cc1n[nH]c(C)c1-c1ccc(NC(=O)[C@@H](NC(=O)c2ccnn2CCC(C)O)C(C2CC2)C2CC2)cc1. The number of nitrogens with one attached hydrogen (secondary N) is 3. The summed E-state index contributed by atoms with van der Waals surface area (Å²) in [6, 6.07) is 8.79. The van der Waals surface area contributed by atoms with Gasteiger partial charge in [0.2, 0.25) is 5.91 Å². The van der Waals surface area contributed by atoms with Gasteiger partial charge in [-0.05, 0) is 94.4 Å². The molecular formula is C28H36N6O3. The number of nitrogens with zero attached hydrogens (tertiary/aromatic N) is 3. The molecule has 9 heteroatoms. The summed E-state index contributed by atoms with van der Waals surface area (Å²) in [7, 11) is 0. The Kier molecular flexibility index (Phi) is 7.15. The summed E-state index contributed by atoms with van der Waals surface area (Å²) >= 11 is 0. The maximum absolute atomic E-state index is 13.6. The van der Waals surface area contributed by atoms with Gasteiger partial charge >= 0.3 is 0 Å². The second-order valence-corrected chi connectivity index (χ2v) is 10.7. The zero-order chi connectivity index (χ0) is 26.1. The Labute approximate surface area is 217 Å². The highest BCUT2D eigenvalue weighted by Crippen LogP contribution is 2.51. The molecule has 0 radical (unpaired) electrons. The van der Waals surface area contributed by atoms with Crippen molar-refractivity contribution in [2.24, 2.45) is 17.8 Å². The van der Waals surface area contributed by atoms with E-state index < -0.39 is 12.1 Å². The van der Waals surface area contributed by atoms with E-state index in [9.17, 15) is 14.7 Å². The lowest BCUT2D eigenvalue weighted by molar-refractivity contribution is -0.119. The van der Waals surface area contributed by atoms with Crippen molar-refractivity contribution >= 4 is 17.5 Å². The molecule has 0 aliphatic heterocycles. The van der Waals surface area contributed by atoms with E-state index in [-0.39, 0.29) is 17.7 Å². The van der Waals surface area contributed by atoms with Crippen LogP contribution in [0.15, 0.2) is 36.5 Å². The number of aliphatic hydroxyl groups excluding tert-OH is 1. The molecule has 0 saturated heterocycles. The van der Waals surface area contributed by atoms with Crippen LogP contribution in [-0.4, -0.2) is 49.0 Å². The van der Waals surface area contributed by atoms with Crippen LogP contribution < -0.4 is 10.6 Å². The Morgan fingerprint density at radius 2 is 1.78 bits per heavy atom. The molecule has 0 spiro atoms. The fraction of sp³-hybridized carbons (Fsp3) is 0.500. The molecule has 4 N–H and O–H groups in total. The molecule has 2 fully saturated rings. The second kappa shape index (κ2) is 10.5. The van der Waals surface area contributed by atoms with Crippen LogP contribution in [0.3, 0.4) is 0 Å². The molecule has 1 aromatic carbocycles. The molecule has 2 atom stereocenters. The maximum Gasteiger partial charge on any atom is 0.270 e. The Hall–Kier alpha value is -3.46. The third kappa shape index (κ3) is 5.77. The number of anilines is 1. The summed E-state index contributed by atoms with van der Waals surface area (Å²) in [6.45, 7) is 6.10. The van der Waals surface area contributed by atoms with Crippen LogP contribution in [0.2, 0.25) is 0 Å². The monoisotopic (exact) mass is 504 g/mol. The van der Waals surface area contributed by atoms with Crippen LogP contribution in [0.5, 0.6) is 0 Å². The predicted molar refractivity (Wildman–Crippen MR) is 141 cm³/mol.